The Labute approximate surface area is 712 Å². The van der Waals surface area contributed by atoms with Crippen LogP contribution in [0.3, 0.4) is 0 Å². The van der Waals surface area contributed by atoms with Gasteiger partial charge in [-0.2, -0.15) is 0 Å². The molecule has 0 aliphatic carbocycles. The number of phosphoric ester groups is 2. The van der Waals surface area contributed by atoms with Crippen molar-refractivity contribution < 1.29 is 75.8 Å². The van der Waals surface area contributed by atoms with Crippen LogP contribution in [0, 0.1) is 0 Å². The Morgan fingerprint density at radius 1 is 0.248 bits per heavy atom. The van der Waals surface area contributed by atoms with Gasteiger partial charge in [0.25, 0.3) is 0 Å². The van der Waals surface area contributed by atoms with Gasteiger partial charge in [0.05, 0.1) is 26.4 Å². The third-order valence-corrected chi connectivity index (χ3v) is 20.7. The Bertz CT molecular complexity index is 2910. The van der Waals surface area contributed by atoms with Crippen LogP contribution in [0.5, 0.6) is 0 Å². The normalized spacial score (nSPS) is 14.7. The first-order valence-electron chi connectivity index (χ1n) is 45.7. The van der Waals surface area contributed by atoms with Gasteiger partial charge >= 0.3 is 33.6 Å². The lowest BCUT2D eigenvalue weighted by Crippen LogP contribution is -2.30. The van der Waals surface area contributed by atoms with E-state index in [1.165, 1.54) is 103 Å². The average Bonchev–Trinajstić information content (AvgIpc) is 0.784. The molecule has 0 aliphatic heterocycles. The van der Waals surface area contributed by atoms with E-state index in [-0.39, 0.29) is 19.3 Å². The summed E-state index contributed by atoms with van der Waals surface area (Å²) >= 11 is 0. The van der Waals surface area contributed by atoms with Gasteiger partial charge < -0.3 is 34.2 Å². The SMILES string of the molecule is CC/C=C\C/C=C\C/C=C\C/C=C\C/C=C\C/C=C\CCCCCCCCCCCCCCC(=O)OCC(O)COP(=O)(O)OCC(O)COP(=O)(O)OCC(COC(=O)CCCCCCCC/C=C\C/C=C\C/C=C\C/C=C\C/C=C\C/C=C\CC)OC(=O)CCCCCCCCCCC/C=C\C/C=C\C/C=C\C/C=C\CCCCC. The molecule has 0 aliphatic rings. The highest BCUT2D eigenvalue weighted by atomic mass is 31.2. The molecule has 0 spiro atoms. The zero-order valence-electron chi connectivity index (χ0n) is 73.3. The molecule has 666 valence electrons. The number of ether oxygens (including phenoxy) is 3. The summed E-state index contributed by atoms with van der Waals surface area (Å²) in [5.74, 6) is -1.60. The number of esters is 3. The van der Waals surface area contributed by atoms with Gasteiger partial charge in [-0.05, 0) is 167 Å². The summed E-state index contributed by atoms with van der Waals surface area (Å²) < 4.78 is 61.5. The fraction of sp³-hybridized carbons (Fsp3) is 0.646. The molecular formula is C99H164O16P2. The van der Waals surface area contributed by atoms with Gasteiger partial charge in [-0.15, -0.1) is 0 Å². The van der Waals surface area contributed by atoms with Crippen molar-refractivity contribution in [2.45, 2.75) is 373 Å². The number of carbonyl (C=O) groups is 3. The first kappa shape index (κ1) is 111. The lowest BCUT2D eigenvalue weighted by molar-refractivity contribution is -0.161. The van der Waals surface area contributed by atoms with Crippen molar-refractivity contribution >= 4 is 33.6 Å². The third kappa shape index (κ3) is 91.0. The predicted molar refractivity (Wildman–Crippen MR) is 491 cm³/mol. The first-order valence-corrected chi connectivity index (χ1v) is 48.7. The van der Waals surface area contributed by atoms with Gasteiger partial charge in [0, 0.05) is 19.3 Å². The fourth-order valence-electron chi connectivity index (χ4n) is 11.9. The molecule has 0 saturated heterocycles. The van der Waals surface area contributed by atoms with Gasteiger partial charge in [-0.25, -0.2) is 9.13 Å². The van der Waals surface area contributed by atoms with Crippen LogP contribution in [0.4, 0.5) is 0 Å². The number of allylic oxidation sites excluding steroid dienone is 32. The molecule has 117 heavy (non-hydrogen) atoms. The number of hydrogen-bond acceptors (Lipinski definition) is 14. The van der Waals surface area contributed by atoms with E-state index in [1.807, 2.05) is 0 Å². The van der Waals surface area contributed by atoms with Crippen LogP contribution in [0.1, 0.15) is 355 Å². The molecule has 0 bridgehead atoms. The second-order valence-corrected chi connectivity index (χ2v) is 32.9. The molecule has 0 amide bonds. The van der Waals surface area contributed by atoms with E-state index in [1.54, 1.807) is 0 Å². The Balaban J connectivity index is 4.67. The van der Waals surface area contributed by atoms with E-state index in [9.17, 15) is 43.5 Å². The van der Waals surface area contributed by atoms with E-state index in [2.05, 4.69) is 215 Å². The summed E-state index contributed by atoms with van der Waals surface area (Å²) in [4.78, 5) is 59.0. The van der Waals surface area contributed by atoms with Crippen LogP contribution in [0.25, 0.3) is 0 Å². The van der Waals surface area contributed by atoms with Crippen LogP contribution >= 0.6 is 15.6 Å². The molecule has 0 heterocycles. The molecule has 5 atom stereocenters. The van der Waals surface area contributed by atoms with E-state index >= 15 is 0 Å². The minimum Gasteiger partial charge on any atom is -0.463 e. The maximum absolute atomic E-state index is 13.1. The first-order chi connectivity index (χ1) is 57.2. The predicted octanol–water partition coefficient (Wildman–Crippen LogP) is 28.2. The van der Waals surface area contributed by atoms with Crippen LogP contribution in [0.15, 0.2) is 194 Å². The van der Waals surface area contributed by atoms with E-state index in [4.69, 9.17) is 32.3 Å². The maximum Gasteiger partial charge on any atom is 0.472 e. The Hall–Kier alpha value is -5.61. The number of aliphatic hydroxyl groups is 2. The highest BCUT2D eigenvalue weighted by Gasteiger charge is 2.29. The molecule has 0 aromatic heterocycles. The molecule has 18 heteroatoms. The molecule has 0 rings (SSSR count). The fourth-order valence-corrected chi connectivity index (χ4v) is 13.5. The van der Waals surface area contributed by atoms with Crippen molar-refractivity contribution in [1.29, 1.82) is 0 Å². The largest absolute Gasteiger partial charge is 0.472 e. The number of unbranched alkanes of at least 4 members (excludes halogenated alkanes) is 30. The van der Waals surface area contributed by atoms with Crippen LogP contribution in [-0.2, 0) is 55.8 Å². The van der Waals surface area contributed by atoms with Crippen LogP contribution < -0.4 is 0 Å². The van der Waals surface area contributed by atoms with Crippen molar-refractivity contribution in [2.75, 3.05) is 39.6 Å². The zero-order chi connectivity index (χ0) is 85.1. The van der Waals surface area contributed by atoms with Crippen molar-refractivity contribution in [1.82, 2.24) is 0 Å². The second kappa shape index (κ2) is 89.6. The van der Waals surface area contributed by atoms with Gasteiger partial charge in [0.2, 0.25) is 0 Å². The van der Waals surface area contributed by atoms with Gasteiger partial charge in [0.15, 0.2) is 6.10 Å². The van der Waals surface area contributed by atoms with Crippen LogP contribution in [0.2, 0.25) is 0 Å². The Morgan fingerprint density at radius 2 is 0.453 bits per heavy atom. The third-order valence-electron chi connectivity index (χ3n) is 18.8. The van der Waals surface area contributed by atoms with Gasteiger partial charge in [-0.3, -0.25) is 32.5 Å². The average molecular weight is 1670 g/mol. The summed E-state index contributed by atoms with van der Waals surface area (Å²) in [5, 5.41) is 20.7. The lowest BCUT2D eigenvalue weighted by atomic mass is 10.0. The van der Waals surface area contributed by atoms with E-state index in [0.717, 1.165) is 193 Å². The van der Waals surface area contributed by atoms with Crippen molar-refractivity contribution in [3.63, 3.8) is 0 Å². The number of carbonyl (C=O) groups excluding carboxylic acids is 3. The van der Waals surface area contributed by atoms with E-state index in [0.29, 0.717) is 19.3 Å². The maximum atomic E-state index is 13.1. The number of rotatable bonds is 85. The molecule has 0 radical (unpaired) electrons. The topological polar surface area (TPSA) is 231 Å². The summed E-state index contributed by atoms with van der Waals surface area (Å²) in [7, 11) is -9.83. The lowest BCUT2D eigenvalue weighted by Gasteiger charge is -2.21. The monoisotopic (exact) mass is 1670 g/mol. The van der Waals surface area contributed by atoms with Gasteiger partial charge in [0.1, 0.15) is 25.4 Å². The summed E-state index contributed by atoms with van der Waals surface area (Å²) in [6.45, 7) is 2.42. The highest BCUT2D eigenvalue weighted by Crippen LogP contribution is 2.45. The summed E-state index contributed by atoms with van der Waals surface area (Å²) in [6.07, 6.45) is 119. The zero-order valence-corrected chi connectivity index (χ0v) is 75.1. The van der Waals surface area contributed by atoms with E-state index < -0.39 is 91.5 Å². The Morgan fingerprint density at radius 3 is 0.718 bits per heavy atom. The molecule has 0 aromatic rings. The molecule has 0 aromatic carbocycles. The van der Waals surface area contributed by atoms with Crippen molar-refractivity contribution in [3.05, 3.63) is 194 Å². The quantitative estimate of drug-likeness (QED) is 0.0146. The van der Waals surface area contributed by atoms with Crippen molar-refractivity contribution in [3.8, 4) is 0 Å². The molecule has 0 fully saturated rings. The molecule has 5 unspecified atom stereocenters. The number of aliphatic hydroxyl groups excluding tert-OH is 2. The standard InChI is InChI=1S/C99H164O16P2/c1-4-7-10-13-16-19-22-25-28-31-34-37-40-43-44-45-46-47-48-51-53-55-58-61-64-67-70-73-76-79-82-85-97(102)109-88-94(100)89-111-116(105,106)112-90-95(101)91-113-117(107,108)114-93-96(115-99(104)87-84-81-78-75-72-69-66-63-60-57-54-50-42-39-36-33-30-27-24-21-18-15-12-9-6-3)92-110-98(103)86-83-80-77-74-71-68-65-62-59-56-52-49-41-38-35-32-29-26-23-20-17-14-11-8-5-2/h7-8,10-11,16-21,25-30,34-39,43-44,46-47,49-50,52,54,59,62,94-96,100-101H,4-6,9,12-15,22-24,31-33,40-42,45,48,51,53,55-58,60-61,63-93H2,1-3H3,(H,105,106)(H,107,108)/b10-7-,11-8-,19-16-,20-17-,21-18-,28-25-,29-26-,30-27-,37-34-,38-35-,39-36-,44-43-,47-46-,52-49-,54-50-,62-59-. The minimum absolute atomic E-state index is 0.0872. The minimum atomic E-state index is -4.95. The second-order valence-electron chi connectivity index (χ2n) is 30.0. The smallest absolute Gasteiger partial charge is 0.463 e. The number of hydrogen-bond donors (Lipinski definition) is 4. The number of phosphoric acid groups is 2. The van der Waals surface area contributed by atoms with Crippen LogP contribution in [-0.4, -0.2) is 95.9 Å². The summed E-state index contributed by atoms with van der Waals surface area (Å²) in [6, 6.07) is 0. The molecule has 16 nitrogen and oxygen atoms in total. The molecule has 4 N–H and O–H groups in total. The van der Waals surface area contributed by atoms with Crippen molar-refractivity contribution in [2.24, 2.45) is 0 Å². The Kier molecular flexibility index (Phi) is 85.3. The highest BCUT2D eigenvalue weighted by molar-refractivity contribution is 7.47. The summed E-state index contributed by atoms with van der Waals surface area (Å²) in [5.41, 5.74) is 0. The molecular weight excluding hydrogens is 1510 g/mol. The molecule has 0 saturated carbocycles. The van der Waals surface area contributed by atoms with Gasteiger partial charge in [-0.1, -0.05) is 363 Å².